The predicted octanol–water partition coefficient (Wildman–Crippen LogP) is -1.57. The summed E-state index contributed by atoms with van der Waals surface area (Å²) in [5, 5.41) is 36.0. The second-order valence-corrected chi connectivity index (χ2v) is 3.14. The maximum atomic E-state index is 10.6. The molecule has 0 heterocycles. The molecule has 5 N–H and O–H groups in total. The largest absolute Gasteiger partial charge is 0.481 e. The molecule has 0 aliphatic carbocycles. The molecule has 0 aromatic heterocycles. The van der Waals surface area contributed by atoms with Gasteiger partial charge in [0.1, 0.15) is 12.1 Å². The summed E-state index contributed by atoms with van der Waals surface area (Å²) < 4.78 is 0. The monoisotopic (exact) mass is 304 g/mol. The van der Waals surface area contributed by atoms with Crippen molar-refractivity contribution in [2.45, 2.75) is 24.9 Å². The molecule has 10 heteroatoms. The molecule has 103 valence electrons. The van der Waals surface area contributed by atoms with Gasteiger partial charge < -0.3 is 20.4 Å². The summed E-state index contributed by atoms with van der Waals surface area (Å²) in [6, 6.07) is -3.32. The van der Waals surface area contributed by atoms with Crippen molar-refractivity contribution in [2.24, 2.45) is 0 Å². The zero-order valence-corrected chi connectivity index (χ0v) is 10.0. The van der Waals surface area contributed by atoms with Gasteiger partial charge in [-0.2, -0.15) is 0 Å². The van der Waals surface area contributed by atoms with Crippen LogP contribution in [-0.2, 0) is 36.2 Å². The number of hydrogen-bond donors (Lipinski definition) is 5. The van der Waals surface area contributed by atoms with Gasteiger partial charge in [-0.15, -0.1) is 0 Å². The van der Waals surface area contributed by atoms with Crippen molar-refractivity contribution in [3.8, 4) is 0 Å². The molecule has 0 saturated carbocycles. The van der Waals surface area contributed by atoms with E-state index in [2.05, 4.69) is 0 Å². The van der Waals surface area contributed by atoms with Crippen LogP contribution in [0.5, 0.6) is 0 Å². The fourth-order valence-electron chi connectivity index (χ4n) is 1.03. The van der Waals surface area contributed by atoms with E-state index in [0.717, 1.165) is 0 Å². The molecule has 0 bridgehead atoms. The number of carbonyl (C=O) groups is 4. The summed E-state index contributed by atoms with van der Waals surface area (Å²) >= 11 is 0. The number of nitrogens with one attached hydrogen (secondary N) is 1. The molecule has 0 saturated heterocycles. The topological polar surface area (TPSA) is 161 Å². The van der Waals surface area contributed by atoms with Crippen LogP contribution in [0.3, 0.4) is 0 Å². The molecule has 0 fully saturated rings. The van der Waals surface area contributed by atoms with E-state index in [-0.39, 0.29) is 17.1 Å². The normalized spacial score (nSPS) is 12.9. The van der Waals surface area contributed by atoms with E-state index >= 15 is 0 Å². The van der Waals surface area contributed by atoms with Gasteiger partial charge in [-0.05, 0) is 0 Å². The van der Waals surface area contributed by atoms with Gasteiger partial charge in [-0.3, -0.25) is 24.5 Å². The molecule has 0 aromatic carbocycles. The summed E-state index contributed by atoms with van der Waals surface area (Å²) in [4.78, 5) is 41.9. The number of hydrogen-bond acceptors (Lipinski definition) is 5. The standard InChI is InChI=1S/C8H11NO8.Mn/c10-5(11)1-3(7(14)15)9-4(8(16)17)2-6(12)13;/h3-4,9H,1-2H2,(H,10,11)(H,12,13)(H,14,15)(H,16,17);. The van der Waals surface area contributed by atoms with Crippen molar-refractivity contribution in [2.75, 3.05) is 0 Å². The zero-order chi connectivity index (χ0) is 13.6. The van der Waals surface area contributed by atoms with Gasteiger partial charge in [0, 0.05) is 17.1 Å². The second-order valence-electron chi connectivity index (χ2n) is 3.14. The summed E-state index contributed by atoms with van der Waals surface area (Å²) in [6.45, 7) is 0. The van der Waals surface area contributed by atoms with E-state index < -0.39 is 48.8 Å². The van der Waals surface area contributed by atoms with Gasteiger partial charge in [0.2, 0.25) is 0 Å². The molecule has 9 nitrogen and oxygen atoms in total. The molecule has 1 radical (unpaired) electrons. The minimum Gasteiger partial charge on any atom is -0.481 e. The van der Waals surface area contributed by atoms with Gasteiger partial charge in [0.15, 0.2) is 0 Å². The van der Waals surface area contributed by atoms with Crippen molar-refractivity contribution in [1.82, 2.24) is 5.32 Å². The van der Waals surface area contributed by atoms with Crippen molar-refractivity contribution in [3.05, 3.63) is 0 Å². The fraction of sp³-hybridized carbons (Fsp3) is 0.500. The second kappa shape index (κ2) is 8.45. The van der Waals surface area contributed by atoms with E-state index in [4.69, 9.17) is 20.4 Å². The quantitative estimate of drug-likeness (QED) is 0.333. The predicted molar refractivity (Wildman–Crippen MR) is 50.5 cm³/mol. The van der Waals surface area contributed by atoms with Crippen LogP contribution in [0.2, 0.25) is 0 Å². The van der Waals surface area contributed by atoms with Crippen LogP contribution in [0.25, 0.3) is 0 Å². The molecule has 0 aromatic rings. The van der Waals surface area contributed by atoms with Crippen molar-refractivity contribution >= 4 is 23.9 Å². The summed E-state index contributed by atoms with van der Waals surface area (Å²) in [7, 11) is 0. The van der Waals surface area contributed by atoms with Crippen LogP contribution in [0, 0.1) is 0 Å². The van der Waals surface area contributed by atoms with Crippen LogP contribution in [0.1, 0.15) is 12.8 Å². The Labute approximate surface area is 111 Å². The van der Waals surface area contributed by atoms with Gasteiger partial charge in [0.05, 0.1) is 12.8 Å². The average Bonchev–Trinajstić information content (AvgIpc) is 2.13. The van der Waals surface area contributed by atoms with Gasteiger partial charge in [0.25, 0.3) is 0 Å². The molecule has 2 unspecified atom stereocenters. The molecule has 0 rings (SSSR count). The third-order valence-corrected chi connectivity index (χ3v) is 1.76. The maximum Gasteiger partial charge on any atom is 0.321 e. The van der Waals surface area contributed by atoms with Crippen LogP contribution in [0.4, 0.5) is 0 Å². The van der Waals surface area contributed by atoms with Crippen LogP contribution in [0.15, 0.2) is 0 Å². The summed E-state index contributed by atoms with van der Waals surface area (Å²) in [5.74, 6) is -6.01. The minimum absolute atomic E-state index is 0. The first-order valence-electron chi connectivity index (χ1n) is 4.39. The first-order valence-corrected chi connectivity index (χ1v) is 4.39. The van der Waals surface area contributed by atoms with Gasteiger partial charge in [-0.25, -0.2) is 0 Å². The molecule has 0 aliphatic rings. The Hall–Kier alpha value is -1.64. The number of rotatable bonds is 8. The summed E-state index contributed by atoms with van der Waals surface area (Å²) in [5.41, 5.74) is 0. The number of aliphatic carboxylic acids is 4. The molecule has 18 heavy (non-hydrogen) atoms. The fourth-order valence-corrected chi connectivity index (χ4v) is 1.03. The molecular weight excluding hydrogens is 293 g/mol. The van der Waals surface area contributed by atoms with Crippen LogP contribution in [-0.4, -0.2) is 56.4 Å². The van der Waals surface area contributed by atoms with Gasteiger partial charge in [-0.1, -0.05) is 0 Å². The van der Waals surface area contributed by atoms with E-state index in [9.17, 15) is 19.2 Å². The van der Waals surface area contributed by atoms with Crippen molar-refractivity contribution in [1.29, 1.82) is 0 Å². The SMILES string of the molecule is O=C(O)CC(NC(CC(=O)O)C(=O)O)C(=O)O.[Mn]. The zero-order valence-electron chi connectivity index (χ0n) is 8.87. The van der Waals surface area contributed by atoms with Crippen molar-refractivity contribution < 1.29 is 56.7 Å². The Balaban J connectivity index is 0. The van der Waals surface area contributed by atoms with Gasteiger partial charge >= 0.3 is 23.9 Å². The van der Waals surface area contributed by atoms with E-state index in [1.54, 1.807) is 0 Å². The molecule has 0 spiro atoms. The Morgan fingerprint density at radius 2 is 1.06 bits per heavy atom. The van der Waals surface area contributed by atoms with E-state index in [1.807, 2.05) is 5.32 Å². The third kappa shape index (κ3) is 7.60. The molecule has 0 aliphatic heterocycles. The van der Waals surface area contributed by atoms with Crippen LogP contribution >= 0.6 is 0 Å². The van der Waals surface area contributed by atoms with Crippen molar-refractivity contribution in [3.63, 3.8) is 0 Å². The maximum absolute atomic E-state index is 10.6. The Morgan fingerprint density at radius 1 is 0.778 bits per heavy atom. The minimum atomic E-state index is -1.66. The van der Waals surface area contributed by atoms with E-state index in [0.29, 0.717) is 0 Å². The first kappa shape index (κ1) is 18.7. The Bertz CT molecular complexity index is 312. The number of carboxylic acid groups (broad SMARTS) is 4. The third-order valence-electron chi connectivity index (χ3n) is 1.76. The first-order chi connectivity index (χ1) is 7.73. The van der Waals surface area contributed by atoms with Crippen LogP contribution < -0.4 is 5.32 Å². The average molecular weight is 304 g/mol. The molecule has 2 atom stereocenters. The Kier molecular flexibility index (Phi) is 8.79. The smallest absolute Gasteiger partial charge is 0.321 e. The summed E-state index contributed by atoms with van der Waals surface area (Å²) in [6.07, 6.45) is -1.70. The molecular formula is C8H11MnNO8. The molecule has 0 amide bonds. The van der Waals surface area contributed by atoms with E-state index in [1.165, 1.54) is 0 Å². The Morgan fingerprint density at radius 3 is 1.22 bits per heavy atom. The number of carboxylic acids is 4.